The van der Waals surface area contributed by atoms with E-state index in [-0.39, 0.29) is 11.8 Å². The molecule has 0 heterocycles. The molecule has 1 aliphatic carbocycles. The fourth-order valence-electron chi connectivity index (χ4n) is 2.95. The zero-order valence-electron chi connectivity index (χ0n) is 12.6. The van der Waals surface area contributed by atoms with E-state index in [0.717, 1.165) is 0 Å². The van der Waals surface area contributed by atoms with Gasteiger partial charge < -0.3 is 5.32 Å². The maximum absolute atomic E-state index is 12.1. The molecule has 1 unspecified atom stereocenters. The van der Waals surface area contributed by atoms with Gasteiger partial charge >= 0.3 is 0 Å². The van der Waals surface area contributed by atoms with Gasteiger partial charge in [0.15, 0.2) is 0 Å². The van der Waals surface area contributed by atoms with Crippen LogP contribution in [0.4, 0.5) is 0 Å². The third-order valence-corrected chi connectivity index (χ3v) is 4.53. The number of benzene rings is 1. The van der Waals surface area contributed by atoms with Crippen molar-refractivity contribution in [2.75, 3.05) is 6.54 Å². The molecule has 4 N–H and O–H groups in total. The van der Waals surface area contributed by atoms with Crippen molar-refractivity contribution in [3.05, 3.63) is 35.4 Å². The van der Waals surface area contributed by atoms with Gasteiger partial charge in [0.1, 0.15) is 0 Å². The number of hydrazine groups is 1. The topological polar surface area (TPSA) is 84.2 Å². The number of carbonyl (C=O) groups is 2. The minimum atomic E-state index is -0.366. The smallest absolute Gasteiger partial charge is 0.265 e. The highest BCUT2D eigenvalue weighted by Crippen LogP contribution is 2.41. The van der Waals surface area contributed by atoms with Gasteiger partial charge in [0.2, 0.25) is 0 Å². The third-order valence-electron chi connectivity index (χ3n) is 4.53. The van der Waals surface area contributed by atoms with Crippen LogP contribution in [0.25, 0.3) is 0 Å². The Morgan fingerprint density at radius 1 is 1.19 bits per heavy atom. The van der Waals surface area contributed by atoms with Gasteiger partial charge in [0.05, 0.1) is 0 Å². The van der Waals surface area contributed by atoms with Crippen LogP contribution in [0.3, 0.4) is 0 Å². The van der Waals surface area contributed by atoms with Crippen LogP contribution in [-0.4, -0.2) is 18.4 Å². The maximum Gasteiger partial charge on any atom is 0.265 e. The van der Waals surface area contributed by atoms with E-state index >= 15 is 0 Å². The van der Waals surface area contributed by atoms with E-state index in [0.29, 0.717) is 29.0 Å². The van der Waals surface area contributed by atoms with E-state index in [9.17, 15) is 9.59 Å². The summed E-state index contributed by atoms with van der Waals surface area (Å²) in [6.45, 7) is 5.23. The van der Waals surface area contributed by atoms with Gasteiger partial charge in [-0.15, -0.1) is 0 Å². The second-order valence-electron chi connectivity index (χ2n) is 6.34. The second kappa shape index (κ2) is 6.26. The molecule has 0 spiro atoms. The Morgan fingerprint density at radius 2 is 1.76 bits per heavy atom. The summed E-state index contributed by atoms with van der Waals surface area (Å²) in [7, 11) is 0. The Bertz CT molecular complexity index is 523. The molecule has 1 aromatic rings. The molecule has 1 saturated carbocycles. The van der Waals surface area contributed by atoms with Crippen molar-refractivity contribution in [1.29, 1.82) is 0 Å². The number of hydrogen-bond acceptors (Lipinski definition) is 3. The van der Waals surface area contributed by atoms with Gasteiger partial charge in [-0.2, -0.15) is 0 Å². The average molecular weight is 289 g/mol. The van der Waals surface area contributed by atoms with E-state index in [1.165, 1.54) is 19.3 Å². The molecule has 0 bridgehead atoms. The Kier molecular flexibility index (Phi) is 4.63. The largest absolute Gasteiger partial charge is 0.352 e. The first kappa shape index (κ1) is 15.5. The molecule has 5 heteroatoms. The van der Waals surface area contributed by atoms with Crippen molar-refractivity contribution in [2.24, 2.45) is 17.2 Å². The zero-order valence-corrected chi connectivity index (χ0v) is 12.6. The van der Waals surface area contributed by atoms with Crippen LogP contribution in [0, 0.1) is 11.3 Å². The fourth-order valence-corrected chi connectivity index (χ4v) is 2.95. The number of carbonyl (C=O) groups excluding carboxylic acids is 2. The number of nitrogens with one attached hydrogen (secondary N) is 2. The summed E-state index contributed by atoms with van der Waals surface area (Å²) in [6, 6.07) is 6.46. The van der Waals surface area contributed by atoms with Gasteiger partial charge in [0, 0.05) is 17.7 Å². The molecule has 0 aliphatic heterocycles. The molecule has 2 rings (SSSR count). The van der Waals surface area contributed by atoms with E-state index in [2.05, 4.69) is 24.6 Å². The number of hydrogen-bond donors (Lipinski definition) is 3. The number of nitrogen functional groups attached to an aromatic ring is 1. The van der Waals surface area contributed by atoms with Crippen molar-refractivity contribution in [3.8, 4) is 0 Å². The van der Waals surface area contributed by atoms with Crippen LogP contribution in [-0.2, 0) is 0 Å². The monoisotopic (exact) mass is 289 g/mol. The SMILES string of the molecule is CC1(C)CCCC1CNC(=O)c1ccc(C(=O)NN)cc1. The molecule has 0 aromatic heterocycles. The van der Waals surface area contributed by atoms with Crippen molar-refractivity contribution in [1.82, 2.24) is 10.7 Å². The van der Waals surface area contributed by atoms with Gasteiger partial charge in [-0.25, -0.2) is 5.84 Å². The van der Waals surface area contributed by atoms with E-state index in [1.807, 2.05) is 0 Å². The Labute approximate surface area is 125 Å². The molecule has 114 valence electrons. The first-order chi connectivity index (χ1) is 9.94. The number of nitrogens with two attached hydrogens (primary N) is 1. The summed E-state index contributed by atoms with van der Waals surface area (Å²) in [5, 5.41) is 3.00. The predicted octanol–water partition coefficient (Wildman–Crippen LogP) is 1.85. The van der Waals surface area contributed by atoms with Crippen LogP contribution in [0.2, 0.25) is 0 Å². The van der Waals surface area contributed by atoms with Gasteiger partial charge in [0.25, 0.3) is 11.8 Å². The van der Waals surface area contributed by atoms with Crippen LogP contribution in [0.1, 0.15) is 53.8 Å². The lowest BCUT2D eigenvalue weighted by Gasteiger charge is -2.27. The lowest BCUT2D eigenvalue weighted by atomic mass is 9.82. The van der Waals surface area contributed by atoms with E-state index in [1.54, 1.807) is 24.3 Å². The number of rotatable bonds is 4. The summed E-state index contributed by atoms with van der Waals surface area (Å²) in [5.74, 6) is 5.13. The summed E-state index contributed by atoms with van der Waals surface area (Å²) in [6.07, 6.45) is 3.62. The van der Waals surface area contributed by atoms with Crippen LogP contribution in [0.15, 0.2) is 24.3 Å². The Morgan fingerprint density at radius 3 is 2.24 bits per heavy atom. The maximum atomic E-state index is 12.1. The summed E-state index contributed by atoms with van der Waals surface area (Å²) >= 11 is 0. The molecule has 5 nitrogen and oxygen atoms in total. The quantitative estimate of drug-likeness (QED) is 0.449. The highest BCUT2D eigenvalue weighted by molar-refractivity contribution is 5.97. The van der Waals surface area contributed by atoms with Crippen molar-refractivity contribution < 1.29 is 9.59 Å². The van der Waals surface area contributed by atoms with Gasteiger partial charge in [-0.3, -0.25) is 15.0 Å². The van der Waals surface area contributed by atoms with Crippen LogP contribution in [0.5, 0.6) is 0 Å². The van der Waals surface area contributed by atoms with Crippen molar-refractivity contribution in [3.63, 3.8) is 0 Å². The molecule has 1 atom stereocenters. The van der Waals surface area contributed by atoms with E-state index in [4.69, 9.17) is 5.84 Å². The highest BCUT2D eigenvalue weighted by Gasteiger charge is 2.34. The average Bonchev–Trinajstić information content (AvgIpc) is 2.82. The first-order valence-electron chi connectivity index (χ1n) is 7.33. The minimum Gasteiger partial charge on any atom is -0.352 e. The zero-order chi connectivity index (χ0) is 15.5. The lowest BCUT2D eigenvalue weighted by molar-refractivity contribution is 0.0930. The molecule has 0 radical (unpaired) electrons. The van der Waals surface area contributed by atoms with Crippen LogP contribution < -0.4 is 16.6 Å². The molecule has 21 heavy (non-hydrogen) atoms. The third kappa shape index (κ3) is 3.61. The second-order valence-corrected chi connectivity index (χ2v) is 6.34. The number of amides is 2. The van der Waals surface area contributed by atoms with Gasteiger partial charge in [-0.1, -0.05) is 20.3 Å². The van der Waals surface area contributed by atoms with Gasteiger partial charge in [-0.05, 0) is 48.4 Å². The Balaban J connectivity index is 1.93. The fraction of sp³-hybridized carbons (Fsp3) is 0.500. The molecule has 0 saturated heterocycles. The molecule has 1 aromatic carbocycles. The molecule has 1 fully saturated rings. The molecule has 1 aliphatic rings. The van der Waals surface area contributed by atoms with E-state index < -0.39 is 0 Å². The molecular formula is C16H23N3O2. The Hall–Kier alpha value is -1.88. The molecule has 2 amide bonds. The van der Waals surface area contributed by atoms with Crippen molar-refractivity contribution in [2.45, 2.75) is 33.1 Å². The normalized spacial score (nSPS) is 20.0. The first-order valence-corrected chi connectivity index (χ1v) is 7.33. The summed E-state index contributed by atoms with van der Waals surface area (Å²) in [5.41, 5.74) is 3.35. The van der Waals surface area contributed by atoms with Crippen molar-refractivity contribution >= 4 is 11.8 Å². The minimum absolute atomic E-state index is 0.0996. The standard InChI is InChI=1S/C16H23N3O2/c1-16(2)9-3-4-13(16)10-18-14(20)11-5-7-12(8-6-11)15(21)19-17/h5-8,13H,3-4,9-10,17H2,1-2H3,(H,18,20)(H,19,21). The highest BCUT2D eigenvalue weighted by atomic mass is 16.2. The predicted molar refractivity (Wildman–Crippen MR) is 81.6 cm³/mol. The summed E-state index contributed by atoms with van der Waals surface area (Å²) in [4.78, 5) is 23.5. The van der Waals surface area contributed by atoms with Crippen LogP contribution >= 0.6 is 0 Å². The molecular weight excluding hydrogens is 266 g/mol. The lowest BCUT2D eigenvalue weighted by Crippen LogP contribution is -2.33. The summed E-state index contributed by atoms with van der Waals surface area (Å²) < 4.78 is 0.